The SMILES string of the molecule is O=C1NC[C@]2(CCCN(C(=O)NCc3noc(-c4cccs4)n3)CC2)O1. The van der Waals surface area contributed by atoms with Gasteiger partial charge in [0, 0.05) is 19.5 Å². The Labute approximate surface area is 153 Å². The summed E-state index contributed by atoms with van der Waals surface area (Å²) < 4.78 is 10.6. The molecule has 2 saturated heterocycles. The molecular weight excluding hydrogens is 358 g/mol. The topological polar surface area (TPSA) is 110 Å². The minimum atomic E-state index is -0.477. The van der Waals surface area contributed by atoms with Crippen LogP contribution in [0.2, 0.25) is 0 Å². The Hall–Kier alpha value is -2.62. The summed E-state index contributed by atoms with van der Waals surface area (Å²) in [7, 11) is 0. The largest absolute Gasteiger partial charge is 0.441 e. The van der Waals surface area contributed by atoms with E-state index in [0.717, 1.165) is 17.7 Å². The number of thiophene rings is 1. The molecular formula is C16H19N5O4S. The maximum absolute atomic E-state index is 12.4. The molecule has 3 amide bonds. The van der Waals surface area contributed by atoms with Crippen LogP contribution in [0, 0.1) is 0 Å². The summed E-state index contributed by atoms with van der Waals surface area (Å²) in [4.78, 5) is 30.7. The Morgan fingerprint density at radius 1 is 1.42 bits per heavy atom. The predicted octanol–water partition coefficient (Wildman–Crippen LogP) is 1.97. The summed E-state index contributed by atoms with van der Waals surface area (Å²) in [6.45, 7) is 1.87. The maximum Gasteiger partial charge on any atom is 0.407 e. The third-order valence-electron chi connectivity index (χ3n) is 4.65. The highest BCUT2D eigenvalue weighted by Crippen LogP contribution is 2.29. The third-order valence-corrected chi connectivity index (χ3v) is 5.50. The zero-order valence-electron chi connectivity index (χ0n) is 14.1. The van der Waals surface area contributed by atoms with Gasteiger partial charge in [-0.2, -0.15) is 4.98 Å². The number of urea groups is 1. The van der Waals surface area contributed by atoms with Gasteiger partial charge in [-0.3, -0.25) is 0 Å². The average Bonchev–Trinajstić information content (AvgIpc) is 3.34. The van der Waals surface area contributed by atoms with E-state index in [1.807, 2.05) is 17.5 Å². The molecule has 2 aliphatic heterocycles. The highest BCUT2D eigenvalue weighted by molar-refractivity contribution is 7.13. The van der Waals surface area contributed by atoms with Crippen LogP contribution < -0.4 is 10.6 Å². The van der Waals surface area contributed by atoms with E-state index < -0.39 is 5.60 Å². The highest BCUT2D eigenvalue weighted by atomic mass is 32.1. The monoisotopic (exact) mass is 377 g/mol. The third kappa shape index (κ3) is 3.50. The number of hydrogen-bond acceptors (Lipinski definition) is 7. The van der Waals surface area contributed by atoms with Crippen molar-refractivity contribution in [2.45, 2.75) is 31.4 Å². The number of nitrogens with zero attached hydrogens (tertiary/aromatic N) is 3. The first-order valence-corrected chi connectivity index (χ1v) is 9.38. The Morgan fingerprint density at radius 3 is 3.12 bits per heavy atom. The lowest BCUT2D eigenvalue weighted by Gasteiger charge is -2.25. The molecule has 2 fully saturated rings. The van der Waals surface area contributed by atoms with E-state index in [2.05, 4.69) is 20.8 Å². The molecule has 0 aliphatic carbocycles. The zero-order chi connectivity index (χ0) is 18.0. The number of rotatable bonds is 3. The molecule has 0 saturated carbocycles. The molecule has 2 aromatic rings. The molecule has 10 heteroatoms. The number of hydrogen-bond donors (Lipinski definition) is 2. The zero-order valence-corrected chi connectivity index (χ0v) is 14.9. The molecule has 0 bridgehead atoms. The first-order valence-electron chi connectivity index (χ1n) is 8.50. The fraction of sp³-hybridized carbons (Fsp3) is 0.500. The second-order valence-electron chi connectivity index (χ2n) is 6.42. The highest BCUT2D eigenvalue weighted by Gasteiger charge is 2.41. The van der Waals surface area contributed by atoms with Crippen LogP contribution in [0.4, 0.5) is 9.59 Å². The van der Waals surface area contributed by atoms with Crippen molar-refractivity contribution >= 4 is 23.5 Å². The van der Waals surface area contributed by atoms with Gasteiger partial charge in [0.15, 0.2) is 5.82 Å². The van der Waals surface area contributed by atoms with Crippen LogP contribution in [0.5, 0.6) is 0 Å². The van der Waals surface area contributed by atoms with Crippen LogP contribution >= 0.6 is 11.3 Å². The van der Waals surface area contributed by atoms with Crippen molar-refractivity contribution in [3.05, 3.63) is 23.3 Å². The van der Waals surface area contributed by atoms with Crippen LogP contribution in [0.1, 0.15) is 25.1 Å². The molecule has 4 heterocycles. The Bertz CT molecular complexity index is 792. The molecule has 2 aliphatic rings. The van der Waals surface area contributed by atoms with Crippen molar-refractivity contribution in [1.29, 1.82) is 0 Å². The van der Waals surface area contributed by atoms with Crippen LogP contribution in [-0.2, 0) is 11.3 Å². The van der Waals surface area contributed by atoms with E-state index >= 15 is 0 Å². The summed E-state index contributed by atoms with van der Waals surface area (Å²) in [6.07, 6.45) is 1.79. The van der Waals surface area contributed by atoms with Crippen LogP contribution in [0.25, 0.3) is 10.8 Å². The number of nitrogens with one attached hydrogen (secondary N) is 2. The number of aromatic nitrogens is 2. The number of carbonyl (C=O) groups excluding carboxylic acids is 2. The van der Waals surface area contributed by atoms with E-state index in [4.69, 9.17) is 9.26 Å². The van der Waals surface area contributed by atoms with Gasteiger partial charge in [-0.15, -0.1) is 11.3 Å². The quantitative estimate of drug-likeness (QED) is 0.846. The molecule has 2 N–H and O–H groups in total. The van der Waals surface area contributed by atoms with Crippen molar-refractivity contribution in [2.24, 2.45) is 0 Å². The van der Waals surface area contributed by atoms with Gasteiger partial charge in [0.25, 0.3) is 5.89 Å². The van der Waals surface area contributed by atoms with Crippen molar-refractivity contribution < 1.29 is 18.8 Å². The number of amides is 3. The lowest BCUT2D eigenvalue weighted by molar-refractivity contribution is 0.0453. The van der Waals surface area contributed by atoms with Gasteiger partial charge >= 0.3 is 12.1 Å². The molecule has 0 aromatic carbocycles. The number of alkyl carbamates (subject to hydrolysis) is 1. The normalized spacial score (nSPS) is 22.8. The number of carbonyl (C=O) groups is 2. The van der Waals surface area contributed by atoms with Gasteiger partial charge in [-0.25, -0.2) is 9.59 Å². The molecule has 2 aromatic heterocycles. The first kappa shape index (κ1) is 16.8. The van der Waals surface area contributed by atoms with Crippen molar-refractivity contribution in [3.8, 4) is 10.8 Å². The molecule has 9 nitrogen and oxygen atoms in total. The van der Waals surface area contributed by atoms with Crippen LogP contribution in [-0.4, -0.2) is 52.4 Å². The van der Waals surface area contributed by atoms with Gasteiger partial charge in [-0.1, -0.05) is 11.2 Å². The number of ether oxygens (including phenoxy) is 1. The summed E-state index contributed by atoms with van der Waals surface area (Å²) in [5.74, 6) is 0.887. The maximum atomic E-state index is 12.4. The summed E-state index contributed by atoms with van der Waals surface area (Å²) in [5.41, 5.74) is -0.477. The van der Waals surface area contributed by atoms with Gasteiger partial charge in [-0.05, 0) is 24.3 Å². The lowest BCUT2D eigenvalue weighted by Crippen LogP contribution is -2.41. The van der Waals surface area contributed by atoms with E-state index in [0.29, 0.717) is 37.8 Å². The second-order valence-corrected chi connectivity index (χ2v) is 7.37. The second kappa shape index (κ2) is 6.94. The minimum absolute atomic E-state index is 0.179. The Kier molecular flexibility index (Phi) is 4.49. The molecule has 4 rings (SSSR count). The standard InChI is InChI=1S/C16H19N5O4S/c22-14(17-9-12-19-13(25-20-12)11-3-1-8-26-11)21-6-2-4-16(5-7-21)10-18-15(23)24-16/h1,3,8H,2,4-7,9-10H2,(H,17,22)(H,18,23)/t16-/m1/s1. The minimum Gasteiger partial charge on any atom is -0.441 e. The molecule has 1 atom stereocenters. The molecule has 0 unspecified atom stereocenters. The Balaban J connectivity index is 1.30. The molecule has 1 spiro atoms. The predicted molar refractivity (Wildman–Crippen MR) is 92.5 cm³/mol. The van der Waals surface area contributed by atoms with Crippen molar-refractivity contribution in [1.82, 2.24) is 25.7 Å². The molecule has 0 radical (unpaired) electrons. The smallest absolute Gasteiger partial charge is 0.407 e. The fourth-order valence-corrected chi connectivity index (χ4v) is 3.89. The number of likely N-dealkylation sites (tertiary alicyclic amines) is 1. The average molecular weight is 377 g/mol. The lowest BCUT2D eigenvalue weighted by atomic mass is 9.95. The Morgan fingerprint density at radius 2 is 2.35 bits per heavy atom. The van der Waals surface area contributed by atoms with Crippen LogP contribution in [0.15, 0.2) is 22.0 Å². The van der Waals surface area contributed by atoms with E-state index in [1.165, 1.54) is 11.3 Å². The first-order chi connectivity index (χ1) is 12.6. The van der Waals surface area contributed by atoms with Gasteiger partial charge in [0.1, 0.15) is 5.60 Å². The summed E-state index contributed by atoms with van der Waals surface area (Å²) >= 11 is 1.52. The van der Waals surface area contributed by atoms with E-state index in [1.54, 1.807) is 4.90 Å². The van der Waals surface area contributed by atoms with Crippen LogP contribution in [0.3, 0.4) is 0 Å². The van der Waals surface area contributed by atoms with E-state index in [9.17, 15) is 9.59 Å². The van der Waals surface area contributed by atoms with Crippen molar-refractivity contribution in [2.75, 3.05) is 19.6 Å². The molecule has 138 valence electrons. The van der Waals surface area contributed by atoms with Crippen molar-refractivity contribution in [3.63, 3.8) is 0 Å². The van der Waals surface area contributed by atoms with E-state index in [-0.39, 0.29) is 18.7 Å². The fourth-order valence-electron chi connectivity index (χ4n) is 3.24. The van der Waals surface area contributed by atoms with Gasteiger partial charge in [0.05, 0.1) is 18.0 Å². The summed E-state index contributed by atoms with van der Waals surface area (Å²) in [6, 6.07) is 3.63. The summed E-state index contributed by atoms with van der Waals surface area (Å²) in [5, 5.41) is 11.4. The van der Waals surface area contributed by atoms with Gasteiger partial charge < -0.3 is 24.8 Å². The molecule has 26 heavy (non-hydrogen) atoms. The van der Waals surface area contributed by atoms with Gasteiger partial charge in [0.2, 0.25) is 0 Å².